The maximum absolute atomic E-state index is 11.5. The normalized spacial score (nSPS) is 19.5. The van der Waals surface area contributed by atoms with Gasteiger partial charge < -0.3 is 20.9 Å². The summed E-state index contributed by atoms with van der Waals surface area (Å²) in [6.07, 6.45) is 11.0. The Hall–Kier alpha value is -1.63. The van der Waals surface area contributed by atoms with E-state index >= 15 is 0 Å². The molecule has 0 aromatic heterocycles. The number of carbonyl (C=O) groups excluding carboxylic acids is 1. The summed E-state index contributed by atoms with van der Waals surface area (Å²) in [4.78, 5) is 11.5. The van der Waals surface area contributed by atoms with E-state index in [1.54, 1.807) is 0 Å². The molecule has 1 aromatic carbocycles. The molecule has 0 spiro atoms. The van der Waals surface area contributed by atoms with Gasteiger partial charge in [0.05, 0.1) is 0 Å². The highest BCUT2D eigenvalue weighted by Gasteiger charge is 2.35. The van der Waals surface area contributed by atoms with Gasteiger partial charge in [-0.2, -0.15) is 0 Å². The molecule has 2 rings (SSSR count). The molecule has 0 radical (unpaired) electrons. The summed E-state index contributed by atoms with van der Waals surface area (Å²) in [5, 5.41) is 0. The van der Waals surface area contributed by atoms with E-state index in [1.165, 1.54) is 19.8 Å². The van der Waals surface area contributed by atoms with Crippen LogP contribution in [0.2, 0.25) is 0 Å². The van der Waals surface area contributed by atoms with Crippen molar-refractivity contribution in [3.63, 3.8) is 0 Å². The molecule has 0 fully saturated rings. The fourth-order valence-corrected chi connectivity index (χ4v) is 5.04. The van der Waals surface area contributed by atoms with Gasteiger partial charge in [-0.25, -0.2) is 0 Å². The molecule has 34 heavy (non-hydrogen) atoms. The lowest BCUT2D eigenvalue weighted by Gasteiger charge is -2.38. The van der Waals surface area contributed by atoms with Crippen molar-refractivity contribution in [3.05, 3.63) is 22.3 Å². The lowest BCUT2D eigenvalue weighted by atomic mass is 9.88. The van der Waals surface area contributed by atoms with Gasteiger partial charge in [0.2, 0.25) is 0 Å². The number of carbonyl (C=O) groups is 1. The Bertz CT molecular complexity index is 824. The van der Waals surface area contributed by atoms with Crippen molar-refractivity contribution >= 4 is 5.97 Å². The highest BCUT2D eigenvalue weighted by molar-refractivity contribution is 5.72. The van der Waals surface area contributed by atoms with Crippen LogP contribution in [0, 0.1) is 26.7 Å². The number of rotatable bonds is 13. The first kappa shape index (κ1) is 28.6. The van der Waals surface area contributed by atoms with Gasteiger partial charge in [0.1, 0.15) is 11.5 Å². The molecule has 1 aliphatic rings. The van der Waals surface area contributed by atoms with Gasteiger partial charge in [0.15, 0.2) is 5.72 Å². The van der Waals surface area contributed by atoms with Crippen LogP contribution in [-0.2, 0) is 11.2 Å². The lowest BCUT2D eigenvalue weighted by Crippen LogP contribution is -2.49. The summed E-state index contributed by atoms with van der Waals surface area (Å²) >= 11 is 0. The van der Waals surface area contributed by atoms with Crippen molar-refractivity contribution in [2.45, 2.75) is 130 Å². The number of hydrogen-bond acceptors (Lipinski definition) is 6. The van der Waals surface area contributed by atoms with Crippen LogP contribution in [0.4, 0.5) is 0 Å². The third-order valence-corrected chi connectivity index (χ3v) is 7.34. The number of benzene rings is 1. The summed E-state index contributed by atoms with van der Waals surface area (Å²) in [6.45, 7) is 11.9. The number of esters is 1. The third kappa shape index (κ3) is 8.24. The molecule has 194 valence electrons. The summed E-state index contributed by atoms with van der Waals surface area (Å²) in [7, 11) is 0. The smallest absolute Gasteiger partial charge is 0.308 e. The largest absolute Gasteiger partial charge is 0.472 e. The van der Waals surface area contributed by atoms with Gasteiger partial charge in [-0.3, -0.25) is 10.5 Å². The summed E-state index contributed by atoms with van der Waals surface area (Å²) in [5.74, 6) is 1.96. The Balaban J connectivity index is 1.82. The summed E-state index contributed by atoms with van der Waals surface area (Å²) in [5.41, 5.74) is 22.7. The number of fused-ring (bicyclic) bond motifs is 1. The van der Waals surface area contributed by atoms with Crippen LogP contribution in [-0.4, -0.2) is 23.8 Å². The second-order valence-corrected chi connectivity index (χ2v) is 10.9. The number of ether oxygens (including phenoxy) is 2. The standard InChI is InChI=1S/C28H49N3O3/c1-18(2)10-7-11-23(29)12-8-13-24(30)14-9-16-28(31)17-15-25-21(5)26(33-22(6)32)19(3)20(4)27(25)34-28/h18,23-24H,7-17,29-31H2,1-6H3/t23-,24-,28-/m1/s1. The molecule has 0 saturated heterocycles. The van der Waals surface area contributed by atoms with Crippen LogP contribution in [0.15, 0.2) is 0 Å². The average molecular weight is 476 g/mol. The Labute approximate surface area is 207 Å². The first-order valence-corrected chi connectivity index (χ1v) is 13.2. The molecule has 1 aromatic rings. The van der Waals surface area contributed by atoms with E-state index in [0.717, 1.165) is 91.7 Å². The van der Waals surface area contributed by atoms with E-state index in [9.17, 15) is 4.79 Å². The minimum absolute atomic E-state index is 0.180. The molecular formula is C28H49N3O3. The highest BCUT2D eigenvalue weighted by Crippen LogP contribution is 2.43. The fraction of sp³-hybridized carbons (Fsp3) is 0.750. The predicted molar refractivity (Wildman–Crippen MR) is 140 cm³/mol. The highest BCUT2D eigenvalue weighted by atomic mass is 16.5. The van der Waals surface area contributed by atoms with Crippen LogP contribution in [0.25, 0.3) is 0 Å². The van der Waals surface area contributed by atoms with Crippen molar-refractivity contribution in [3.8, 4) is 11.5 Å². The maximum atomic E-state index is 11.5. The third-order valence-electron chi connectivity index (χ3n) is 7.34. The zero-order valence-corrected chi connectivity index (χ0v) is 22.5. The first-order valence-electron chi connectivity index (χ1n) is 13.2. The molecule has 0 amide bonds. The maximum Gasteiger partial charge on any atom is 0.308 e. The van der Waals surface area contributed by atoms with Crippen LogP contribution in [0.3, 0.4) is 0 Å². The summed E-state index contributed by atoms with van der Waals surface area (Å²) < 4.78 is 11.9. The van der Waals surface area contributed by atoms with Gasteiger partial charge in [0, 0.05) is 37.4 Å². The van der Waals surface area contributed by atoms with Crippen LogP contribution < -0.4 is 26.7 Å². The minimum Gasteiger partial charge on any atom is -0.472 e. The molecule has 3 atom stereocenters. The lowest BCUT2D eigenvalue weighted by molar-refractivity contribution is -0.132. The van der Waals surface area contributed by atoms with E-state index in [2.05, 4.69) is 13.8 Å². The molecule has 6 nitrogen and oxygen atoms in total. The molecule has 0 unspecified atom stereocenters. The van der Waals surface area contributed by atoms with Crippen molar-refractivity contribution in [1.29, 1.82) is 0 Å². The monoisotopic (exact) mass is 475 g/mol. The average Bonchev–Trinajstić information content (AvgIpc) is 2.74. The van der Waals surface area contributed by atoms with E-state index < -0.39 is 5.72 Å². The van der Waals surface area contributed by atoms with E-state index in [-0.39, 0.29) is 12.0 Å². The Kier molecular flexibility index (Phi) is 10.8. The second-order valence-electron chi connectivity index (χ2n) is 10.9. The zero-order valence-electron chi connectivity index (χ0n) is 22.5. The van der Waals surface area contributed by atoms with Crippen LogP contribution in [0.5, 0.6) is 11.5 Å². The van der Waals surface area contributed by atoms with Crippen molar-refractivity contribution in [1.82, 2.24) is 0 Å². The SMILES string of the molecule is CC(=O)Oc1c(C)c(C)c2c(c1C)CC[C@@](N)(CCC[C@H](N)CCC[C@H](N)CCCC(C)C)O2. The zero-order chi connectivity index (χ0) is 25.5. The second kappa shape index (κ2) is 12.9. The number of nitrogens with two attached hydrogens (primary N) is 3. The van der Waals surface area contributed by atoms with Gasteiger partial charge in [-0.05, 0) is 81.9 Å². The molecule has 0 aliphatic carbocycles. The molecule has 6 N–H and O–H groups in total. The van der Waals surface area contributed by atoms with E-state index in [0.29, 0.717) is 11.8 Å². The molecule has 0 saturated carbocycles. The Morgan fingerprint density at radius 1 is 0.941 bits per heavy atom. The Morgan fingerprint density at radius 3 is 2.06 bits per heavy atom. The van der Waals surface area contributed by atoms with Crippen molar-refractivity contribution in [2.75, 3.05) is 0 Å². The van der Waals surface area contributed by atoms with Gasteiger partial charge >= 0.3 is 5.97 Å². The van der Waals surface area contributed by atoms with Crippen LogP contribution in [0.1, 0.15) is 107 Å². The number of hydrogen-bond donors (Lipinski definition) is 3. The van der Waals surface area contributed by atoms with Gasteiger partial charge in [0.25, 0.3) is 0 Å². The molecule has 0 bridgehead atoms. The molecular weight excluding hydrogens is 426 g/mol. The first-order chi connectivity index (χ1) is 15.9. The van der Waals surface area contributed by atoms with Crippen molar-refractivity contribution in [2.24, 2.45) is 23.1 Å². The molecule has 1 aliphatic heterocycles. The molecule has 1 heterocycles. The quantitative estimate of drug-likeness (QED) is 0.262. The topological polar surface area (TPSA) is 114 Å². The van der Waals surface area contributed by atoms with Gasteiger partial charge in [-0.15, -0.1) is 0 Å². The predicted octanol–water partition coefficient (Wildman–Crippen LogP) is 5.34. The van der Waals surface area contributed by atoms with Gasteiger partial charge in [-0.1, -0.05) is 33.1 Å². The Morgan fingerprint density at radius 2 is 1.50 bits per heavy atom. The summed E-state index contributed by atoms with van der Waals surface area (Å²) in [6, 6.07) is 0.477. The minimum atomic E-state index is -0.682. The van der Waals surface area contributed by atoms with Crippen molar-refractivity contribution < 1.29 is 14.3 Å². The van der Waals surface area contributed by atoms with E-state index in [1.807, 2.05) is 20.8 Å². The van der Waals surface area contributed by atoms with Crippen LogP contribution >= 0.6 is 0 Å². The fourth-order valence-electron chi connectivity index (χ4n) is 5.04. The van der Waals surface area contributed by atoms with E-state index in [4.69, 9.17) is 26.7 Å². The molecule has 6 heteroatoms.